The predicted molar refractivity (Wildman–Crippen MR) is 104 cm³/mol. The van der Waals surface area contributed by atoms with Crippen LogP contribution in [0.3, 0.4) is 0 Å². The molecule has 1 aromatic carbocycles. The van der Waals surface area contributed by atoms with Crippen molar-refractivity contribution in [3.8, 4) is 0 Å². The molecule has 0 heterocycles. The number of benzene rings is 1. The lowest BCUT2D eigenvalue weighted by Gasteiger charge is -2.24. The molecule has 4 rings (SSSR count). The zero-order valence-corrected chi connectivity index (χ0v) is 16.2. The Bertz CT molecular complexity index is 949. The monoisotopic (exact) mass is 363 g/mol. The molecule has 1 aromatic rings. The second-order valence-electron chi connectivity index (χ2n) is 7.88. The normalized spacial score (nSPS) is 23.7. The van der Waals surface area contributed by atoms with Crippen molar-refractivity contribution >= 4 is 17.3 Å². The Balaban J connectivity index is 2.01. The van der Waals surface area contributed by atoms with Crippen LogP contribution in [0, 0.1) is 6.92 Å². The van der Waals surface area contributed by atoms with Gasteiger partial charge in [-0.25, -0.2) is 0 Å². The van der Waals surface area contributed by atoms with Crippen LogP contribution in [0.2, 0.25) is 0 Å². The summed E-state index contributed by atoms with van der Waals surface area (Å²) in [4.78, 5) is 38.1. The average Bonchev–Trinajstić information content (AvgIpc) is 2.93. The third kappa shape index (κ3) is 2.70. The van der Waals surface area contributed by atoms with Crippen molar-refractivity contribution in [2.45, 2.75) is 58.3 Å². The molecule has 0 saturated carbocycles. The molecule has 0 saturated heterocycles. The maximum Gasteiger partial charge on any atom is 0.192 e. The van der Waals surface area contributed by atoms with Gasteiger partial charge in [0.05, 0.1) is 0 Å². The summed E-state index contributed by atoms with van der Waals surface area (Å²) in [6.07, 6.45) is 6.12. The van der Waals surface area contributed by atoms with E-state index < -0.39 is 0 Å². The molecule has 0 spiro atoms. The molecule has 0 amide bonds. The Hall–Kier alpha value is -2.49. The van der Waals surface area contributed by atoms with Gasteiger partial charge in [0.15, 0.2) is 17.3 Å². The van der Waals surface area contributed by atoms with Gasteiger partial charge in [0.2, 0.25) is 0 Å². The number of carbonyl (C=O) groups is 3. The number of carbonyl (C=O) groups excluding carboxylic acids is 3. The van der Waals surface area contributed by atoms with Gasteiger partial charge in [-0.2, -0.15) is 0 Å². The molecule has 0 aliphatic heterocycles. The SMILES string of the molecule is CN/C(C)=C1\C(=O)c2c(cc(C)c3c2CCCC3=O)C1C1=CC(=O)CCC1. The Morgan fingerprint density at radius 2 is 1.78 bits per heavy atom. The number of nitrogens with one attached hydrogen (secondary N) is 1. The van der Waals surface area contributed by atoms with Crippen LogP contribution in [-0.2, 0) is 11.2 Å². The van der Waals surface area contributed by atoms with Crippen molar-refractivity contribution in [2.24, 2.45) is 0 Å². The minimum atomic E-state index is -0.176. The Labute approximate surface area is 159 Å². The van der Waals surface area contributed by atoms with Gasteiger partial charge in [0.1, 0.15) is 0 Å². The molecule has 4 nitrogen and oxygen atoms in total. The van der Waals surface area contributed by atoms with Crippen molar-refractivity contribution in [2.75, 3.05) is 7.05 Å². The Morgan fingerprint density at radius 3 is 2.48 bits per heavy atom. The van der Waals surface area contributed by atoms with Gasteiger partial charge >= 0.3 is 0 Å². The summed E-state index contributed by atoms with van der Waals surface area (Å²) in [5.41, 5.74) is 6.95. The lowest BCUT2D eigenvalue weighted by atomic mass is 9.79. The van der Waals surface area contributed by atoms with E-state index in [0.29, 0.717) is 12.8 Å². The van der Waals surface area contributed by atoms with E-state index in [0.717, 1.165) is 70.3 Å². The highest BCUT2D eigenvalue weighted by Crippen LogP contribution is 2.48. The van der Waals surface area contributed by atoms with Crippen LogP contribution < -0.4 is 5.32 Å². The summed E-state index contributed by atoms with van der Waals surface area (Å²) in [7, 11) is 1.82. The summed E-state index contributed by atoms with van der Waals surface area (Å²) in [6.45, 7) is 3.89. The molecule has 0 bridgehead atoms. The predicted octanol–water partition coefficient (Wildman–Crippen LogP) is 3.97. The smallest absolute Gasteiger partial charge is 0.192 e. The van der Waals surface area contributed by atoms with Crippen LogP contribution in [0.1, 0.15) is 82.4 Å². The van der Waals surface area contributed by atoms with E-state index in [1.54, 1.807) is 6.08 Å². The highest BCUT2D eigenvalue weighted by molar-refractivity contribution is 6.18. The first kappa shape index (κ1) is 17.9. The third-order valence-corrected chi connectivity index (χ3v) is 6.22. The fourth-order valence-electron chi connectivity index (χ4n) is 4.97. The fourth-order valence-corrected chi connectivity index (χ4v) is 4.97. The first-order valence-electron chi connectivity index (χ1n) is 9.80. The number of fused-ring (bicyclic) bond motifs is 3. The summed E-state index contributed by atoms with van der Waals surface area (Å²) < 4.78 is 0. The van der Waals surface area contributed by atoms with E-state index in [1.165, 1.54) is 0 Å². The van der Waals surface area contributed by atoms with Crippen molar-refractivity contribution in [1.82, 2.24) is 5.32 Å². The topological polar surface area (TPSA) is 63.2 Å². The molecule has 1 unspecified atom stereocenters. The minimum Gasteiger partial charge on any atom is -0.391 e. The molecule has 3 aliphatic rings. The highest BCUT2D eigenvalue weighted by Gasteiger charge is 2.42. The molecule has 4 heteroatoms. The van der Waals surface area contributed by atoms with Crippen LogP contribution in [-0.4, -0.2) is 24.4 Å². The number of Topliss-reactive ketones (excluding diaryl/α,β-unsaturated/α-hetero) is 2. The number of hydrogen-bond acceptors (Lipinski definition) is 4. The molecule has 3 aliphatic carbocycles. The van der Waals surface area contributed by atoms with Crippen LogP contribution in [0.15, 0.2) is 29.0 Å². The summed E-state index contributed by atoms with van der Waals surface area (Å²) in [6, 6.07) is 2.02. The first-order chi connectivity index (χ1) is 12.9. The van der Waals surface area contributed by atoms with E-state index in [2.05, 4.69) is 5.32 Å². The maximum atomic E-state index is 13.5. The number of hydrogen-bond donors (Lipinski definition) is 1. The van der Waals surface area contributed by atoms with Gasteiger partial charge in [-0.05, 0) is 62.3 Å². The quantitative estimate of drug-likeness (QED) is 0.808. The second-order valence-corrected chi connectivity index (χ2v) is 7.88. The molecule has 140 valence electrons. The zero-order valence-electron chi connectivity index (χ0n) is 16.2. The lowest BCUT2D eigenvalue weighted by molar-refractivity contribution is -0.115. The number of allylic oxidation sites excluding steroid dienone is 4. The summed E-state index contributed by atoms with van der Waals surface area (Å²) in [5, 5.41) is 3.14. The van der Waals surface area contributed by atoms with Gasteiger partial charge in [0.25, 0.3) is 0 Å². The van der Waals surface area contributed by atoms with Crippen molar-refractivity contribution < 1.29 is 14.4 Å². The Kier molecular flexibility index (Phi) is 4.37. The molecule has 1 N–H and O–H groups in total. The maximum absolute atomic E-state index is 13.5. The molecule has 0 radical (unpaired) electrons. The van der Waals surface area contributed by atoms with Gasteiger partial charge < -0.3 is 5.32 Å². The van der Waals surface area contributed by atoms with Crippen LogP contribution >= 0.6 is 0 Å². The largest absolute Gasteiger partial charge is 0.391 e. The molecular formula is C23H25NO3. The van der Waals surface area contributed by atoms with E-state index in [1.807, 2.05) is 27.0 Å². The van der Waals surface area contributed by atoms with Crippen molar-refractivity contribution in [3.63, 3.8) is 0 Å². The van der Waals surface area contributed by atoms with E-state index >= 15 is 0 Å². The molecule has 27 heavy (non-hydrogen) atoms. The number of rotatable bonds is 2. The van der Waals surface area contributed by atoms with Gasteiger partial charge in [0, 0.05) is 48.2 Å². The average molecular weight is 363 g/mol. The van der Waals surface area contributed by atoms with Gasteiger partial charge in [-0.15, -0.1) is 0 Å². The fraction of sp³-hybridized carbons (Fsp3) is 0.435. The molecule has 1 atom stereocenters. The van der Waals surface area contributed by atoms with Gasteiger partial charge in [-0.1, -0.05) is 11.6 Å². The summed E-state index contributed by atoms with van der Waals surface area (Å²) >= 11 is 0. The third-order valence-electron chi connectivity index (χ3n) is 6.22. The van der Waals surface area contributed by atoms with E-state index in [-0.39, 0.29) is 23.3 Å². The number of ketones is 3. The standard InChI is InChI=1S/C23H25NO3/c1-12-10-17-21(14-6-4-7-15(25)11-14)20(13(2)24-3)23(27)22(17)16-8-5-9-18(26)19(12)16/h10-11,21,24H,4-9H2,1-3H3/b20-13-. The van der Waals surface area contributed by atoms with E-state index in [4.69, 9.17) is 0 Å². The van der Waals surface area contributed by atoms with Crippen LogP contribution in [0.5, 0.6) is 0 Å². The Morgan fingerprint density at radius 1 is 1.04 bits per heavy atom. The zero-order chi connectivity index (χ0) is 19.3. The first-order valence-corrected chi connectivity index (χ1v) is 9.80. The summed E-state index contributed by atoms with van der Waals surface area (Å²) in [5.74, 6) is 0.135. The second kappa shape index (κ2) is 6.59. The van der Waals surface area contributed by atoms with Gasteiger partial charge in [-0.3, -0.25) is 14.4 Å². The highest BCUT2D eigenvalue weighted by atomic mass is 16.1. The van der Waals surface area contributed by atoms with Crippen molar-refractivity contribution in [3.05, 3.63) is 56.8 Å². The van der Waals surface area contributed by atoms with E-state index in [9.17, 15) is 14.4 Å². The lowest BCUT2D eigenvalue weighted by Crippen LogP contribution is -2.17. The minimum absolute atomic E-state index is 0.0201. The van der Waals surface area contributed by atoms with Crippen LogP contribution in [0.4, 0.5) is 0 Å². The molecule has 0 fully saturated rings. The number of aryl methyl sites for hydroxylation is 1. The van der Waals surface area contributed by atoms with Crippen molar-refractivity contribution in [1.29, 1.82) is 0 Å². The molecule has 0 aromatic heterocycles. The van der Waals surface area contributed by atoms with Crippen LogP contribution in [0.25, 0.3) is 0 Å². The molecular weight excluding hydrogens is 338 g/mol.